The number of nitrogens with zero attached hydrogens (tertiary/aromatic N) is 1. The summed E-state index contributed by atoms with van der Waals surface area (Å²) in [6.07, 6.45) is 2.22. The fourth-order valence-electron chi connectivity index (χ4n) is 1.97. The molecule has 1 unspecified atom stereocenters. The molecule has 0 heterocycles. The molecule has 1 rings (SSSR count). The minimum absolute atomic E-state index is 0. The zero-order valence-corrected chi connectivity index (χ0v) is 12.8. The van der Waals surface area contributed by atoms with Crippen molar-refractivity contribution in [3.63, 3.8) is 0 Å². The van der Waals surface area contributed by atoms with Crippen molar-refractivity contribution in [3.05, 3.63) is 0 Å². The summed E-state index contributed by atoms with van der Waals surface area (Å²) in [5.41, 5.74) is 5.46. The maximum Gasteiger partial charge on any atom is 0.214 e. The topological polar surface area (TPSA) is 63.4 Å². The Balaban J connectivity index is 0.00000256. The maximum atomic E-state index is 12.1. The van der Waals surface area contributed by atoms with Gasteiger partial charge in [0.2, 0.25) is 10.0 Å². The second kappa shape index (κ2) is 5.87. The highest BCUT2D eigenvalue weighted by Crippen LogP contribution is 2.35. The van der Waals surface area contributed by atoms with E-state index in [9.17, 15) is 8.42 Å². The van der Waals surface area contributed by atoms with Crippen LogP contribution in [0.1, 0.15) is 33.6 Å². The minimum Gasteiger partial charge on any atom is -0.329 e. The molecule has 1 fully saturated rings. The van der Waals surface area contributed by atoms with Crippen molar-refractivity contribution in [2.75, 3.05) is 19.3 Å². The molecule has 4 nitrogen and oxygen atoms in total. The van der Waals surface area contributed by atoms with Crippen LogP contribution >= 0.6 is 12.4 Å². The molecule has 1 atom stereocenters. The molecule has 0 amide bonds. The van der Waals surface area contributed by atoms with Gasteiger partial charge in [-0.15, -0.1) is 12.4 Å². The van der Waals surface area contributed by atoms with E-state index in [0.717, 1.165) is 12.8 Å². The third-order valence-electron chi connectivity index (χ3n) is 2.93. The number of likely N-dealkylation sites (N-methyl/N-ethyl adjacent to an activating group) is 1. The van der Waals surface area contributed by atoms with Crippen LogP contribution in [0.5, 0.6) is 0 Å². The van der Waals surface area contributed by atoms with Crippen molar-refractivity contribution in [2.24, 2.45) is 17.1 Å². The Hall–Kier alpha value is 0.160. The lowest BCUT2D eigenvalue weighted by Crippen LogP contribution is -2.45. The average Bonchev–Trinajstić information content (AvgIpc) is 2.84. The number of sulfonamides is 1. The van der Waals surface area contributed by atoms with E-state index in [0.29, 0.717) is 12.5 Å². The van der Waals surface area contributed by atoms with Crippen molar-refractivity contribution in [1.82, 2.24) is 4.31 Å². The van der Waals surface area contributed by atoms with Gasteiger partial charge in [-0.05, 0) is 24.2 Å². The molecule has 0 aromatic rings. The summed E-state index contributed by atoms with van der Waals surface area (Å²) in [6.45, 7) is 6.23. The second-order valence-electron chi connectivity index (χ2n) is 5.97. The van der Waals surface area contributed by atoms with Gasteiger partial charge < -0.3 is 5.73 Å². The van der Waals surface area contributed by atoms with E-state index in [1.807, 2.05) is 20.8 Å². The van der Waals surface area contributed by atoms with Crippen LogP contribution in [-0.2, 0) is 10.0 Å². The number of nitrogens with two attached hydrogens (primary N) is 1. The molecule has 0 saturated heterocycles. The Labute approximate surface area is 111 Å². The number of rotatable bonds is 5. The molecule has 0 aromatic carbocycles. The van der Waals surface area contributed by atoms with Gasteiger partial charge in [0, 0.05) is 19.6 Å². The summed E-state index contributed by atoms with van der Waals surface area (Å²) < 4.78 is 25.8. The van der Waals surface area contributed by atoms with Gasteiger partial charge in [0.15, 0.2) is 0 Å². The van der Waals surface area contributed by atoms with Gasteiger partial charge >= 0.3 is 0 Å². The van der Waals surface area contributed by atoms with Crippen LogP contribution in [0, 0.1) is 11.3 Å². The van der Waals surface area contributed by atoms with Crippen LogP contribution in [0.4, 0.5) is 0 Å². The van der Waals surface area contributed by atoms with Crippen molar-refractivity contribution in [3.8, 4) is 0 Å². The van der Waals surface area contributed by atoms with Crippen molar-refractivity contribution in [1.29, 1.82) is 0 Å². The second-order valence-corrected chi connectivity index (χ2v) is 8.00. The van der Waals surface area contributed by atoms with Crippen LogP contribution < -0.4 is 5.73 Å². The maximum absolute atomic E-state index is 12.1. The predicted molar refractivity (Wildman–Crippen MR) is 73.8 cm³/mol. The summed E-state index contributed by atoms with van der Waals surface area (Å²) in [5, 5.41) is 0. The molecule has 1 aliphatic rings. The van der Waals surface area contributed by atoms with Gasteiger partial charge in [0.05, 0.1) is 5.75 Å². The molecular weight excluding hydrogens is 260 g/mol. The molecule has 0 aromatic heterocycles. The molecule has 2 N–H and O–H groups in total. The first-order chi connectivity index (χ1) is 7.17. The SMILES string of the molecule is CN(C(CN)C1CC1)S(=O)(=O)CC(C)(C)C.Cl. The molecule has 1 aliphatic carbocycles. The Kier molecular flexibility index (Phi) is 5.92. The smallest absolute Gasteiger partial charge is 0.214 e. The predicted octanol–water partition coefficient (Wildman–Crippen LogP) is 1.45. The van der Waals surface area contributed by atoms with E-state index >= 15 is 0 Å². The van der Waals surface area contributed by atoms with E-state index in [4.69, 9.17) is 5.73 Å². The molecule has 0 radical (unpaired) electrons. The van der Waals surface area contributed by atoms with Gasteiger partial charge in [0.25, 0.3) is 0 Å². The van der Waals surface area contributed by atoms with Crippen LogP contribution in [0.25, 0.3) is 0 Å². The fraction of sp³-hybridized carbons (Fsp3) is 1.00. The van der Waals surface area contributed by atoms with E-state index in [-0.39, 0.29) is 29.6 Å². The lowest BCUT2D eigenvalue weighted by Gasteiger charge is -2.29. The monoisotopic (exact) mass is 284 g/mol. The van der Waals surface area contributed by atoms with Gasteiger partial charge in [-0.2, -0.15) is 0 Å². The Morgan fingerprint density at radius 2 is 1.82 bits per heavy atom. The van der Waals surface area contributed by atoms with Crippen LogP contribution in [0.2, 0.25) is 0 Å². The first-order valence-electron chi connectivity index (χ1n) is 5.83. The largest absolute Gasteiger partial charge is 0.329 e. The molecule has 6 heteroatoms. The van der Waals surface area contributed by atoms with Crippen LogP contribution in [-0.4, -0.2) is 38.1 Å². The van der Waals surface area contributed by atoms with Gasteiger partial charge in [-0.25, -0.2) is 12.7 Å². The van der Waals surface area contributed by atoms with Crippen LogP contribution in [0.15, 0.2) is 0 Å². The van der Waals surface area contributed by atoms with E-state index in [1.54, 1.807) is 7.05 Å². The highest BCUT2D eigenvalue weighted by Gasteiger charge is 2.38. The Morgan fingerprint density at radius 1 is 1.35 bits per heavy atom. The van der Waals surface area contributed by atoms with Crippen molar-refractivity contribution >= 4 is 22.4 Å². The minimum atomic E-state index is -3.18. The lowest BCUT2D eigenvalue weighted by molar-refractivity contribution is 0.331. The number of halogens is 1. The zero-order chi connectivity index (χ0) is 12.6. The summed E-state index contributed by atoms with van der Waals surface area (Å²) in [7, 11) is -1.52. The summed E-state index contributed by atoms with van der Waals surface area (Å²) >= 11 is 0. The molecule has 17 heavy (non-hydrogen) atoms. The Morgan fingerprint density at radius 3 is 2.12 bits per heavy atom. The molecule has 104 valence electrons. The van der Waals surface area contributed by atoms with Crippen LogP contribution in [0.3, 0.4) is 0 Å². The highest BCUT2D eigenvalue weighted by atomic mass is 35.5. The fourth-order valence-corrected chi connectivity index (χ4v) is 3.94. The lowest BCUT2D eigenvalue weighted by atomic mass is 10.0. The third kappa shape index (κ3) is 5.12. The normalized spacial score (nSPS) is 18.9. The standard InChI is InChI=1S/C11H24N2O2S.ClH/c1-11(2,3)8-16(14,15)13(4)10(7-12)9-5-6-9;/h9-10H,5-8,12H2,1-4H3;1H. The van der Waals surface area contributed by atoms with Gasteiger partial charge in [-0.3, -0.25) is 0 Å². The molecular formula is C11H25ClN2O2S. The first kappa shape index (κ1) is 17.2. The van der Waals surface area contributed by atoms with Crippen molar-refractivity contribution < 1.29 is 8.42 Å². The molecule has 1 saturated carbocycles. The summed E-state index contributed by atoms with van der Waals surface area (Å²) in [6, 6.07) is -0.00708. The van der Waals surface area contributed by atoms with E-state index < -0.39 is 10.0 Å². The quantitative estimate of drug-likeness (QED) is 0.831. The zero-order valence-electron chi connectivity index (χ0n) is 11.1. The average molecular weight is 285 g/mol. The number of hydrogen-bond acceptors (Lipinski definition) is 3. The molecule has 0 bridgehead atoms. The number of hydrogen-bond donors (Lipinski definition) is 1. The molecule has 0 aliphatic heterocycles. The highest BCUT2D eigenvalue weighted by molar-refractivity contribution is 7.89. The summed E-state index contributed by atoms with van der Waals surface area (Å²) in [4.78, 5) is 0. The third-order valence-corrected chi connectivity index (χ3v) is 5.31. The van der Waals surface area contributed by atoms with E-state index in [2.05, 4.69) is 0 Å². The first-order valence-corrected chi connectivity index (χ1v) is 7.44. The molecule has 0 spiro atoms. The Bertz CT molecular complexity index is 334. The van der Waals surface area contributed by atoms with Gasteiger partial charge in [-0.1, -0.05) is 20.8 Å². The summed E-state index contributed by atoms with van der Waals surface area (Å²) in [5.74, 6) is 0.657. The van der Waals surface area contributed by atoms with Gasteiger partial charge in [0.1, 0.15) is 0 Å². The van der Waals surface area contributed by atoms with Crippen molar-refractivity contribution in [2.45, 2.75) is 39.7 Å². The van der Waals surface area contributed by atoms with E-state index in [1.165, 1.54) is 4.31 Å².